The molecule has 31 heavy (non-hydrogen) atoms. The number of benzene rings is 3. The molecule has 0 radical (unpaired) electrons. The Bertz CT molecular complexity index is 1460. The van der Waals surface area contributed by atoms with Crippen molar-refractivity contribution in [2.75, 3.05) is 0 Å². The lowest BCUT2D eigenvalue weighted by Crippen LogP contribution is -2.12. The predicted molar refractivity (Wildman–Crippen MR) is 97.7 cm³/mol. The highest BCUT2D eigenvalue weighted by atomic mass is 19.2. The first-order valence-corrected chi connectivity index (χ1v) is 8.52. The van der Waals surface area contributed by atoms with Crippen LogP contribution in [0.3, 0.4) is 0 Å². The number of carboxylic acids is 1. The molecule has 10 heteroatoms. The number of fused-ring (bicyclic) bond motifs is 2. The molecule has 4 rings (SSSR count). The summed E-state index contributed by atoms with van der Waals surface area (Å²) in [5, 5.41) is 18.7. The lowest BCUT2D eigenvalue weighted by molar-refractivity contribution is 0.0691. The van der Waals surface area contributed by atoms with Gasteiger partial charge in [0.25, 0.3) is 0 Å². The van der Waals surface area contributed by atoms with Gasteiger partial charge in [-0.25, -0.2) is 26.7 Å². The highest BCUT2D eigenvalue weighted by Gasteiger charge is 2.32. The first-order chi connectivity index (χ1) is 14.5. The summed E-state index contributed by atoms with van der Waals surface area (Å²) in [6, 6.07) is 2.64. The molecule has 0 unspecified atom stereocenters. The van der Waals surface area contributed by atoms with Crippen LogP contribution < -0.4 is 5.43 Å². The number of carboxylic acid groups (broad SMARTS) is 1. The Hall–Kier alpha value is -3.95. The summed E-state index contributed by atoms with van der Waals surface area (Å²) in [6.45, 7) is 0.851. The van der Waals surface area contributed by atoms with Gasteiger partial charge in [0, 0.05) is 39.8 Å². The standard InChI is InChI=1S/C21H9F5O5/c1-6-18(24)16(17(21(29)30)20(26)19(6)25)15-7-2-9(22)11(27)4-13(7)31-14-5-12(28)10(23)3-8(14)15/h2-5,27H,1H3,(H,29,30). The van der Waals surface area contributed by atoms with E-state index in [1.807, 2.05) is 0 Å². The van der Waals surface area contributed by atoms with E-state index < -0.39 is 79.8 Å². The Morgan fingerprint density at radius 1 is 0.903 bits per heavy atom. The molecule has 1 heterocycles. The molecule has 5 nitrogen and oxygen atoms in total. The van der Waals surface area contributed by atoms with Crippen molar-refractivity contribution in [3.8, 4) is 28.2 Å². The number of aromatic hydroxyl groups is 1. The van der Waals surface area contributed by atoms with E-state index in [9.17, 15) is 37.4 Å². The van der Waals surface area contributed by atoms with Crippen molar-refractivity contribution in [2.24, 2.45) is 0 Å². The summed E-state index contributed by atoms with van der Waals surface area (Å²) in [5.74, 6) is -11.0. The van der Waals surface area contributed by atoms with E-state index in [1.165, 1.54) is 0 Å². The first-order valence-electron chi connectivity index (χ1n) is 8.52. The zero-order chi connectivity index (χ0) is 22.8. The van der Waals surface area contributed by atoms with Gasteiger partial charge >= 0.3 is 5.97 Å². The highest BCUT2D eigenvalue weighted by Crippen LogP contribution is 2.45. The van der Waals surface area contributed by atoms with Crippen molar-refractivity contribution in [2.45, 2.75) is 6.92 Å². The number of carbonyl (C=O) groups is 1. The van der Waals surface area contributed by atoms with Crippen molar-refractivity contribution in [3.63, 3.8) is 0 Å². The van der Waals surface area contributed by atoms with Crippen molar-refractivity contribution in [3.05, 3.63) is 74.7 Å². The van der Waals surface area contributed by atoms with Gasteiger partial charge in [0.2, 0.25) is 5.43 Å². The fourth-order valence-electron chi connectivity index (χ4n) is 3.38. The smallest absolute Gasteiger partial charge is 0.339 e. The maximum Gasteiger partial charge on any atom is 0.339 e. The third kappa shape index (κ3) is 2.90. The third-order valence-corrected chi connectivity index (χ3v) is 4.85. The second kappa shape index (κ2) is 6.79. The predicted octanol–water partition coefficient (Wildman–Crippen LogP) is 4.97. The van der Waals surface area contributed by atoms with Crippen LogP contribution in [0.5, 0.6) is 5.75 Å². The molecule has 158 valence electrons. The van der Waals surface area contributed by atoms with Crippen LogP contribution in [0.2, 0.25) is 0 Å². The van der Waals surface area contributed by atoms with Crippen LogP contribution in [0.15, 0.2) is 33.5 Å². The minimum Gasteiger partial charge on any atom is -0.505 e. The van der Waals surface area contributed by atoms with Crippen LogP contribution in [0.4, 0.5) is 22.0 Å². The quantitative estimate of drug-likeness (QED) is 0.263. The van der Waals surface area contributed by atoms with Gasteiger partial charge in [0.05, 0.1) is 0 Å². The second-order valence-electron chi connectivity index (χ2n) is 6.68. The zero-order valence-electron chi connectivity index (χ0n) is 15.3. The maximum atomic E-state index is 15.2. The first kappa shape index (κ1) is 20.3. The molecule has 0 aromatic heterocycles. The highest BCUT2D eigenvalue weighted by molar-refractivity contribution is 6.08. The summed E-state index contributed by atoms with van der Waals surface area (Å²) in [4.78, 5) is 23.4. The normalized spacial score (nSPS) is 11.4. The topological polar surface area (TPSA) is 87.7 Å². The number of halogens is 5. The van der Waals surface area contributed by atoms with Gasteiger partial charge in [-0.2, -0.15) is 0 Å². The molecule has 0 saturated heterocycles. The molecule has 2 aliphatic rings. The van der Waals surface area contributed by atoms with E-state index in [-0.39, 0.29) is 11.0 Å². The molecule has 0 spiro atoms. The Morgan fingerprint density at radius 3 is 2.23 bits per heavy atom. The molecule has 0 saturated carbocycles. The molecule has 2 aromatic rings. The van der Waals surface area contributed by atoms with E-state index in [0.29, 0.717) is 18.2 Å². The summed E-state index contributed by atoms with van der Waals surface area (Å²) >= 11 is 0. The van der Waals surface area contributed by atoms with E-state index in [0.717, 1.165) is 13.0 Å². The average Bonchev–Trinajstić information content (AvgIpc) is 2.70. The Labute approximate surface area is 168 Å². The van der Waals surface area contributed by atoms with Gasteiger partial charge in [-0.1, -0.05) is 0 Å². The molecule has 0 amide bonds. The number of rotatable bonds is 2. The van der Waals surface area contributed by atoms with E-state index in [1.54, 1.807) is 0 Å². The number of phenols is 1. The SMILES string of the molecule is Cc1c(F)c(F)c(C(=O)O)c(-c2c3cc(F)c(=O)cc-3oc3cc(O)c(F)cc23)c1F. The zero-order valence-corrected chi connectivity index (χ0v) is 15.3. The van der Waals surface area contributed by atoms with E-state index in [2.05, 4.69) is 0 Å². The fraction of sp³-hybridized carbons (Fsp3) is 0.0476. The Balaban J connectivity index is 2.36. The molecule has 0 atom stereocenters. The van der Waals surface area contributed by atoms with Crippen LogP contribution in [-0.4, -0.2) is 16.2 Å². The van der Waals surface area contributed by atoms with Gasteiger partial charge in [0.15, 0.2) is 29.0 Å². The number of hydrogen-bond donors (Lipinski definition) is 2. The minimum atomic E-state index is -2.05. The monoisotopic (exact) mass is 436 g/mol. The van der Waals surface area contributed by atoms with Crippen LogP contribution in [0.25, 0.3) is 33.4 Å². The van der Waals surface area contributed by atoms with Crippen molar-refractivity contribution >= 4 is 16.9 Å². The molecular formula is C21H9F5O5. The minimum absolute atomic E-state index is 0.356. The van der Waals surface area contributed by atoms with Crippen LogP contribution in [0.1, 0.15) is 15.9 Å². The molecule has 0 fully saturated rings. The average molecular weight is 436 g/mol. The van der Waals surface area contributed by atoms with Crippen LogP contribution >= 0.6 is 0 Å². The van der Waals surface area contributed by atoms with Gasteiger partial charge in [0.1, 0.15) is 22.7 Å². The van der Waals surface area contributed by atoms with E-state index in [4.69, 9.17) is 4.42 Å². The second-order valence-corrected chi connectivity index (χ2v) is 6.68. The van der Waals surface area contributed by atoms with Gasteiger partial charge in [-0.05, 0) is 19.1 Å². The molecule has 1 aliphatic heterocycles. The van der Waals surface area contributed by atoms with Crippen molar-refractivity contribution in [1.29, 1.82) is 0 Å². The van der Waals surface area contributed by atoms with Crippen molar-refractivity contribution < 1.29 is 41.4 Å². The fourth-order valence-corrected chi connectivity index (χ4v) is 3.38. The third-order valence-electron chi connectivity index (χ3n) is 4.85. The van der Waals surface area contributed by atoms with Crippen LogP contribution in [0, 0.1) is 36.0 Å². The van der Waals surface area contributed by atoms with Crippen LogP contribution in [-0.2, 0) is 0 Å². The maximum absolute atomic E-state index is 15.2. The summed E-state index contributed by atoms with van der Waals surface area (Å²) < 4.78 is 77.3. The summed E-state index contributed by atoms with van der Waals surface area (Å²) in [5.41, 5.74) is -5.75. The Kier molecular flexibility index (Phi) is 4.46. The number of hydrogen-bond acceptors (Lipinski definition) is 4. The van der Waals surface area contributed by atoms with Gasteiger partial charge < -0.3 is 14.6 Å². The largest absolute Gasteiger partial charge is 0.505 e. The lowest BCUT2D eigenvalue weighted by atomic mass is 9.88. The summed E-state index contributed by atoms with van der Waals surface area (Å²) in [7, 11) is 0. The molecule has 2 aromatic carbocycles. The number of aromatic carboxylic acids is 1. The molecule has 2 N–H and O–H groups in total. The van der Waals surface area contributed by atoms with Gasteiger partial charge in [-0.3, -0.25) is 4.79 Å². The summed E-state index contributed by atoms with van der Waals surface area (Å²) in [6.07, 6.45) is 0. The Morgan fingerprint density at radius 2 is 1.58 bits per heavy atom. The van der Waals surface area contributed by atoms with Gasteiger partial charge in [-0.15, -0.1) is 0 Å². The molecule has 0 bridgehead atoms. The molecular weight excluding hydrogens is 427 g/mol. The lowest BCUT2D eigenvalue weighted by Gasteiger charge is -2.19. The van der Waals surface area contributed by atoms with E-state index >= 15 is 4.39 Å². The molecule has 1 aliphatic carbocycles. The number of phenolic OH excluding ortho intramolecular Hbond substituents is 1. The van der Waals surface area contributed by atoms with Crippen molar-refractivity contribution in [1.82, 2.24) is 0 Å².